The molecule has 0 spiro atoms. The van der Waals surface area contributed by atoms with Gasteiger partial charge in [0.1, 0.15) is 5.60 Å². The Bertz CT molecular complexity index is 398. The van der Waals surface area contributed by atoms with Gasteiger partial charge in [-0.05, 0) is 39.3 Å². The standard InChI is InChI=1S/C13H19NO4.C2H6/c1-7-9(10(8(2)3)11(15)16)14-12(17)18-13(4,5)6;1-2/h7H,1-2H2,3-6H3,(H,14,17)(H,15,16);1-2H3/b10-9-;. The molecule has 0 fully saturated rings. The lowest BCUT2D eigenvalue weighted by molar-refractivity contribution is -0.132. The SMILES string of the molecule is C=C/C(NC(=O)OC(C)(C)C)=C(\C(=C)C)C(=O)O.CC. The molecule has 0 saturated heterocycles. The van der Waals surface area contributed by atoms with Crippen molar-refractivity contribution in [3.8, 4) is 0 Å². The van der Waals surface area contributed by atoms with Crippen LogP contribution in [0.25, 0.3) is 0 Å². The van der Waals surface area contributed by atoms with Crippen LogP contribution in [0.2, 0.25) is 0 Å². The minimum atomic E-state index is -1.19. The average Bonchev–Trinajstić information content (AvgIpc) is 2.27. The van der Waals surface area contributed by atoms with E-state index in [1.165, 1.54) is 13.0 Å². The minimum Gasteiger partial charge on any atom is -0.478 e. The number of carbonyl (C=O) groups is 2. The third kappa shape index (κ3) is 8.13. The smallest absolute Gasteiger partial charge is 0.412 e. The molecular weight excluding hydrogens is 258 g/mol. The van der Waals surface area contributed by atoms with Crippen molar-refractivity contribution in [2.75, 3.05) is 0 Å². The predicted molar refractivity (Wildman–Crippen MR) is 80.4 cm³/mol. The van der Waals surface area contributed by atoms with Gasteiger partial charge in [-0.25, -0.2) is 9.59 Å². The molecule has 0 rings (SSSR count). The zero-order valence-electron chi connectivity index (χ0n) is 13.2. The molecule has 0 heterocycles. The van der Waals surface area contributed by atoms with Crippen molar-refractivity contribution in [1.82, 2.24) is 5.32 Å². The number of alkyl carbamates (subject to hydrolysis) is 1. The Morgan fingerprint density at radius 2 is 1.70 bits per heavy atom. The zero-order valence-corrected chi connectivity index (χ0v) is 13.2. The highest BCUT2D eigenvalue weighted by Crippen LogP contribution is 2.14. The van der Waals surface area contributed by atoms with Crippen molar-refractivity contribution in [3.05, 3.63) is 36.1 Å². The van der Waals surface area contributed by atoms with E-state index in [-0.39, 0.29) is 11.3 Å². The van der Waals surface area contributed by atoms with Gasteiger partial charge in [0, 0.05) is 0 Å². The average molecular weight is 283 g/mol. The van der Waals surface area contributed by atoms with Gasteiger partial charge in [-0.15, -0.1) is 0 Å². The van der Waals surface area contributed by atoms with Crippen LogP contribution >= 0.6 is 0 Å². The lowest BCUT2D eigenvalue weighted by Gasteiger charge is -2.20. The van der Waals surface area contributed by atoms with Crippen molar-refractivity contribution < 1.29 is 19.4 Å². The summed E-state index contributed by atoms with van der Waals surface area (Å²) in [6.07, 6.45) is 0.500. The zero-order chi connectivity index (χ0) is 16.5. The van der Waals surface area contributed by atoms with Gasteiger partial charge >= 0.3 is 12.1 Å². The number of carboxylic acids is 1. The summed E-state index contributed by atoms with van der Waals surface area (Å²) in [6, 6.07) is 0. The summed E-state index contributed by atoms with van der Waals surface area (Å²) in [4.78, 5) is 22.6. The normalized spacial score (nSPS) is 11.3. The largest absolute Gasteiger partial charge is 0.478 e. The van der Waals surface area contributed by atoms with Gasteiger partial charge in [-0.2, -0.15) is 0 Å². The molecule has 0 aromatic rings. The number of hydrogen-bond acceptors (Lipinski definition) is 3. The van der Waals surface area contributed by atoms with E-state index in [0.717, 1.165) is 0 Å². The molecule has 114 valence electrons. The number of nitrogens with one attached hydrogen (secondary N) is 1. The van der Waals surface area contributed by atoms with Crippen LogP contribution in [0.15, 0.2) is 36.1 Å². The van der Waals surface area contributed by atoms with E-state index in [0.29, 0.717) is 5.57 Å². The van der Waals surface area contributed by atoms with Crippen LogP contribution in [-0.2, 0) is 9.53 Å². The lowest BCUT2D eigenvalue weighted by atomic mass is 10.1. The fraction of sp³-hybridized carbons (Fsp3) is 0.467. The number of hydrogen-bond donors (Lipinski definition) is 2. The van der Waals surface area contributed by atoms with Crippen LogP contribution in [0.4, 0.5) is 4.79 Å². The van der Waals surface area contributed by atoms with E-state index >= 15 is 0 Å². The Morgan fingerprint density at radius 1 is 1.25 bits per heavy atom. The first-order valence-corrected chi connectivity index (χ1v) is 6.34. The maximum atomic E-state index is 11.5. The van der Waals surface area contributed by atoms with E-state index in [9.17, 15) is 9.59 Å². The molecule has 0 saturated carbocycles. The molecule has 5 heteroatoms. The minimum absolute atomic E-state index is 0.0595. The molecule has 0 bridgehead atoms. The van der Waals surface area contributed by atoms with Crippen LogP contribution in [0, 0.1) is 0 Å². The molecule has 0 radical (unpaired) electrons. The summed E-state index contributed by atoms with van der Waals surface area (Å²) in [7, 11) is 0. The number of allylic oxidation sites excluding steroid dienone is 1. The van der Waals surface area contributed by atoms with E-state index in [1.54, 1.807) is 20.8 Å². The molecule has 0 aliphatic heterocycles. The summed E-state index contributed by atoms with van der Waals surface area (Å²) in [6.45, 7) is 17.7. The molecular formula is C15H25NO4. The van der Waals surface area contributed by atoms with Crippen LogP contribution < -0.4 is 5.32 Å². The fourth-order valence-electron chi connectivity index (χ4n) is 1.16. The molecule has 0 aliphatic carbocycles. The summed E-state index contributed by atoms with van der Waals surface area (Å²) in [5, 5.41) is 11.4. The second-order valence-corrected chi connectivity index (χ2v) is 4.71. The maximum absolute atomic E-state index is 11.5. The molecule has 0 aromatic heterocycles. The molecule has 5 nitrogen and oxygen atoms in total. The second-order valence-electron chi connectivity index (χ2n) is 4.71. The molecule has 1 amide bonds. The first-order chi connectivity index (χ1) is 9.08. The van der Waals surface area contributed by atoms with Gasteiger partial charge in [-0.3, -0.25) is 5.32 Å². The fourth-order valence-corrected chi connectivity index (χ4v) is 1.16. The lowest BCUT2D eigenvalue weighted by Crippen LogP contribution is -2.32. The van der Waals surface area contributed by atoms with Gasteiger partial charge in [0.15, 0.2) is 0 Å². The van der Waals surface area contributed by atoms with Gasteiger partial charge in [0.2, 0.25) is 0 Å². The van der Waals surface area contributed by atoms with E-state index in [4.69, 9.17) is 9.84 Å². The third-order valence-corrected chi connectivity index (χ3v) is 1.75. The van der Waals surface area contributed by atoms with Crippen molar-refractivity contribution >= 4 is 12.1 Å². The number of amides is 1. The summed E-state index contributed by atoms with van der Waals surface area (Å²) < 4.78 is 5.03. The first kappa shape index (κ1) is 20.3. The Hall–Kier alpha value is -2.04. The monoisotopic (exact) mass is 283 g/mol. The number of ether oxygens (including phenoxy) is 1. The number of rotatable bonds is 4. The number of aliphatic carboxylic acids is 1. The first-order valence-electron chi connectivity index (χ1n) is 6.34. The van der Waals surface area contributed by atoms with E-state index in [2.05, 4.69) is 18.5 Å². The van der Waals surface area contributed by atoms with Gasteiger partial charge in [0.25, 0.3) is 0 Å². The van der Waals surface area contributed by atoms with Crippen LogP contribution in [0.3, 0.4) is 0 Å². The van der Waals surface area contributed by atoms with Crippen molar-refractivity contribution in [3.63, 3.8) is 0 Å². The Morgan fingerprint density at radius 3 is 1.95 bits per heavy atom. The van der Waals surface area contributed by atoms with E-state index < -0.39 is 17.7 Å². The summed E-state index contributed by atoms with van der Waals surface area (Å²) in [5.41, 5.74) is -0.392. The molecule has 0 atom stereocenters. The highest BCUT2D eigenvalue weighted by Gasteiger charge is 2.19. The summed E-state index contributed by atoms with van der Waals surface area (Å²) >= 11 is 0. The van der Waals surface area contributed by atoms with Gasteiger partial charge < -0.3 is 9.84 Å². The highest BCUT2D eigenvalue weighted by molar-refractivity contribution is 5.93. The van der Waals surface area contributed by atoms with Crippen LogP contribution in [0.1, 0.15) is 41.5 Å². The van der Waals surface area contributed by atoms with Crippen molar-refractivity contribution in [2.45, 2.75) is 47.1 Å². The highest BCUT2D eigenvalue weighted by atomic mass is 16.6. The number of carboxylic acid groups (broad SMARTS) is 1. The predicted octanol–water partition coefficient (Wildman–Crippen LogP) is 3.64. The maximum Gasteiger partial charge on any atom is 0.412 e. The molecule has 20 heavy (non-hydrogen) atoms. The second kappa shape index (κ2) is 8.96. The quantitative estimate of drug-likeness (QED) is 0.610. The number of carbonyl (C=O) groups excluding carboxylic acids is 1. The van der Waals surface area contributed by atoms with Crippen LogP contribution in [-0.4, -0.2) is 22.8 Å². The van der Waals surface area contributed by atoms with Crippen molar-refractivity contribution in [2.24, 2.45) is 0 Å². The Labute approximate surface area is 121 Å². The molecule has 0 unspecified atom stereocenters. The summed E-state index contributed by atoms with van der Waals surface area (Å²) in [5.74, 6) is -1.19. The molecule has 2 N–H and O–H groups in total. The van der Waals surface area contributed by atoms with Gasteiger partial charge in [0.05, 0.1) is 11.3 Å². The molecule has 0 aliphatic rings. The van der Waals surface area contributed by atoms with Crippen molar-refractivity contribution in [1.29, 1.82) is 0 Å². The van der Waals surface area contributed by atoms with E-state index in [1.807, 2.05) is 13.8 Å². The third-order valence-electron chi connectivity index (χ3n) is 1.75. The van der Waals surface area contributed by atoms with Gasteiger partial charge in [-0.1, -0.05) is 27.0 Å². The Balaban J connectivity index is 0. The topological polar surface area (TPSA) is 75.6 Å². The van der Waals surface area contributed by atoms with Crippen LogP contribution in [0.5, 0.6) is 0 Å². The Kier molecular flexibility index (Phi) is 9.08. The molecule has 0 aromatic carbocycles.